The highest BCUT2D eigenvalue weighted by Crippen LogP contribution is 2.34. The largest absolute Gasteiger partial charge is 0.319 e. The molecule has 0 aromatic heterocycles. The molecular weight excluding hydrogens is 244 g/mol. The van der Waals surface area contributed by atoms with Gasteiger partial charge in [-0.05, 0) is 55.4 Å². The Hall–Kier alpha value is -0.860. The Labute approximate surface area is 124 Å². The number of nitrogens with zero attached hydrogens (tertiary/aromatic N) is 1. The highest BCUT2D eigenvalue weighted by molar-refractivity contribution is 5.22. The number of likely N-dealkylation sites (tertiary alicyclic amines) is 1. The molecule has 20 heavy (non-hydrogen) atoms. The first-order valence-corrected chi connectivity index (χ1v) is 7.94. The second-order valence-electron chi connectivity index (χ2n) is 7.26. The minimum absolute atomic E-state index is 0.450. The molecule has 0 spiro atoms. The summed E-state index contributed by atoms with van der Waals surface area (Å²) in [5.41, 5.74) is 3.33. The molecule has 0 bridgehead atoms. The third-order valence-electron chi connectivity index (χ3n) is 4.59. The van der Waals surface area contributed by atoms with E-state index in [9.17, 15) is 0 Å². The quantitative estimate of drug-likeness (QED) is 0.886. The van der Waals surface area contributed by atoms with Gasteiger partial charge in [-0.1, -0.05) is 45.0 Å². The lowest BCUT2D eigenvalue weighted by Gasteiger charge is -2.27. The molecule has 1 heterocycles. The van der Waals surface area contributed by atoms with Gasteiger partial charge in [0.15, 0.2) is 0 Å². The van der Waals surface area contributed by atoms with Crippen molar-refractivity contribution in [3.05, 3.63) is 35.4 Å². The van der Waals surface area contributed by atoms with Crippen LogP contribution in [0.3, 0.4) is 0 Å². The van der Waals surface area contributed by atoms with E-state index in [4.69, 9.17) is 0 Å². The van der Waals surface area contributed by atoms with Crippen LogP contribution in [-0.4, -0.2) is 31.6 Å². The van der Waals surface area contributed by atoms with Crippen molar-refractivity contribution in [1.29, 1.82) is 0 Å². The molecule has 1 atom stereocenters. The standard InChI is InChI=1S/C18H30N2/c1-18(2,3)17-10-12-20(14-17)13-16-7-5-15(6-8-16)9-11-19-4/h5-8,17,19H,9-14H2,1-4H3. The van der Waals surface area contributed by atoms with Crippen molar-refractivity contribution in [2.75, 3.05) is 26.7 Å². The molecule has 1 aliphatic rings. The predicted octanol–water partition coefficient (Wildman–Crippen LogP) is 3.32. The minimum atomic E-state index is 0.450. The van der Waals surface area contributed by atoms with Crippen LogP contribution in [-0.2, 0) is 13.0 Å². The van der Waals surface area contributed by atoms with Gasteiger partial charge in [-0.25, -0.2) is 0 Å². The Morgan fingerprint density at radius 1 is 1.15 bits per heavy atom. The first kappa shape index (κ1) is 15.5. The summed E-state index contributed by atoms with van der Waals surface area (Å²) < 4.78 is 0. The monoisotopic (exact) mass is 274 g/mol. The van der Waals surface area contributed by atoms with Crippen LogP contribution >= 0.6 is 0 Å². The van der Waals surface area contributed by atoms with Gasteiger partial charge in [0.25, 0.3) is 0 Å². The minimum Gasteiger partial charge on any atom is -0.319 e. The third-order valence-corrected chi connectivity index (χ3v) is 4.59. The molecule has 2 rings (SSSR count). The molecule has 1 saturated heterocycles. The van der Waals surface area contributed by atoms with Crippen LogP contribution < -0.4 is 5.32 Å². The molecule has 1 N–H and O–H groups in total. The maximum atomic E-state index is 3.20. The number of likely N-dealkylation sites (N-methyl/N-ethyl adjacent to an activating group) is 1. The van der Waals surface area contributed by atoms with Gasteiger partial charge in [-0.3, -0.25) is 4.90 Å². The van der Waals surface area contributed by atoms with Gasteiger partial charge in [-0.15, -0.1) is 0 Å². The zero-order valence-corrected chi connectivity index (χ0v) is 13.6. The Bertz CT molecular complexity index is 402. The van der Waals surface area contributed by atoms with Gasteiger partial charge in [0.2, 0.25) is 0 Å². The van der Waals surface area contributed by atoms with Crippen molar-refractivity contribution in [2.45, 2.75) is 40.2 Å². The maximum Gasteiger partial charge on any atom is 0.0233 e. The molecule has 1 aromatic rings. The maximum absolute atomic E-state index is 3.20. The molecule has 2 heteroatoms. The normalized spacial score (nSPS) is 20.5. The Kier molecular flexibility index (Phi) is 5.22. The van der Waals surface area contributed by atoms with Crippen molar-refractivity contribution in [3.8, 4) is 0 Å². The summed E-state index contributed by atoms with van der Waals surface area (Å²) in [5.74, 6) is 0.845. The average molecular weight is 274 g/mol. The Morgan fingerprint density at radius 2 is 1.80 bits per heavy atom. The van der Waals surface area contributed by atoms with E-state index in [0.717, 1.165) is 25.4 Å². The second kappa shape index (κ2) is 6.73. The molecule has 0 radical (unpaired) electrons. The van der Waals surface area contributed by atoms with Crippen molar-refractivity contribution in [1.82, 2.24) is 10.2 Å². The summed E-state index contributed by atoms with van der Waals surface area (Å²) in [6, 6.07) is 9.17. The smallest absolute Gasteiger partial charge is 0.0233 e. The molecule has 1 aromatic carbocycles. The molecule has 1 aliphatic heterocycles. The van der Waals surface area contributed by atoms with Crippen LogP contribution in [0.4, 0.5) is 0 Å². The summed E-state index contributed by atoms with van der Waals surface area (Å²) in [6.07, 6.45) is 2.47. The van der Waals surface area contributed by atoms with Crippen LogP contribution in [0.15, 0.2) is 24.3 Å². The topological polar surface area (TPSA) is 15.3 Å². The SMILES string of the molecule is CNCCc1ccc(CN2CCC(C(C)(C)C)C2)cc1. The van der Waals surface area contributed by atoms with E-state index in [1.807, 2.05) is 7.05 Å². The third kappa shape index (κ3) is 4.32. The van der Waals surface area contributed by atoms with E-state index in [1.165, 1.54) is 30.6 Å². The second-order valence-corrected chi connectivity index (χ2v) is 7.26. The van der Waals surface area contributed by atoms with Crippen LogP contribution in [0.25, 0.3) is 0 Å². The van der Waals surface area contributed by atoms with Crippen LogP contribution in [0.1, 0.15) is 38.3 Å². The molecule has 1 fully saturated rings. The lowest BCUT2D eigenvalue weighted by Crippen LogP contribution is -2.25. The van der Waals surface area contributed by atoms with Gasteiger partial charge in [0.1, 0.15) is 0 Å². The zero-order valence-electron chi connectivity index (χ0n) is 13.6. The average Bonchev–Trinajstić information content (AvgIpc) is 2.86. The van der Waals surface area contributed by atoms with Crippen LogP contribution in [0.5, 0.6) is 0 Å². The first-order valence-electron chi connectivity index (χ1n) is 7.94. The highest BCUT2D eigenvalue weighted by Gasteiger charge is 2.31. The lowest BCUT2D eigenvalue weighted by atomic mass is 9.80. The Balaban J connectivity index is 1.85. The fourth-order valence-electron chi connectivity index (χ4n) is 3.02. The van der Waals surface area contributed by atoms with Crippen molar-refractivity contribution < 1.29 is 0 Å². The molecule has 112 valence electrons. The van der Waals surface area contributed by atoms with Gasteiger partial charge >= 0.3 is 0 Å². The first-order chi connectivity index (χ1) is 9.49. The summed E-state index contributed by atoms with van der Waals surface area (Å²) in [6.45, 7) is 11.8. The number of benzene rings is 1. The highest BCUT2D eigenvalue weighted by atomic mass is 15.1. The van der Waals surface area contributed by atoms with Gasteiger partial charge < -0.3 is 5.32 Å². The number of hydrogen-bond acceptors (Lipinski definition) is 2. The van der Waals surface area contributed by atoms with Crippen molar-refractivity contribution in [3.63, 3.8) is 0 Å². The lowest BCUT2D eigenvalue weighted by molar-refractivity contribution is 0.226. The zero-order chi connectivity index (χ0) is 14.6. The molecule has 0 saturated carbocycles. The van der Waals surface area contributed by atoms with E-state index in [0.29, 0.717) is 5.41 Å². The Morgan fingerprint density at radius 3 is 2.35 bits per heavy atom. The summed E-state index contributed by atoms with van der Waals surface area (Å²) in [7, 11) is 2.01. The number of nitrogens with one attached hydrogen (secondary N) is 1. The van der Waals surface area contributed by atoms with E-state index in [2.05, 4.69) is 55.3 Å². The fraction of sp³-hybridized carbons (Fsp3) is 0.667. The number of rotatable bonds is 5. The van der Waals surface area contributed by atoms with E-state index >= 15 is 0 Å². The van der Waals surface area contributed by atoms with Crippen molar-refractivity contribution >= 4 is 0 Å². The van der Waals surface area contributed by atoms with Gasteiger partial charge in [0.05, 0.1) is 0 Å². The van der Waals surface area contributed by atoms with E-state index in [1.54, 1.807) is 0 Å². The molecular formula is C18H30N2. The van der Waals surface area contributed by atoms with Crippen LogP contribution in [0.2, 0.25) is 0 Å². The van der Waals surface area contributed by atoms with E-state index in [-0.39, 0.29) is 0 Å². The predicted molar refractivity (Wildman–Crippen MR) is 86.9 cm³/mol. The molecule has 0 aliphatic carbocycles. The molecule has 0 amide bonds. The van der Waals surface area contributed by atoms with Crippen LogP contribution in [0, 0.1) is 11.3 Å². The van der Waals surface area contributed by atoms with Gasteiger partial charge in [0, 0.05) is 13.1 Å². The van der Waals surface area contributed by atoms with E-state index < -0.39 is 0 Å². The van der Waals surface area contributed by atoms with Gasteiger partial charge in [-0.2, -0.15) is 0 Å². The molecule has 2 nitrogen and oxygen atoms in total. The summed E-state index contributed by atoms with van der Waals surface area (Å²) in [5, 5.41) is 3.20. The van der Waals surface area contributed by atoms with Crippen molar-refractivity contribution in [2.24, 2.45) is 11.3 Å². The number of hydrogen-bond donors (Lipinski definition) is 1. The summed E-state index contributed by atoms with van der Waals surface area (Å²) in [4.78, 5) is 2.61. The summed E-state index contributed by atoms with van der Waals surface area (Å²) >= 11 is 0. The fourth-order valence-corrected chi connectivity index (χ4v) is 3.02. The molecule has 1 unspecified atom stereocenters.